The normalized spacial score (nSPS) is 21.3. The number of anilines is 1. The second kappa shape index (κ2) is 7.54. The number of nitrogens with zero attached hydrogens (tertiary/aromatic N) is 2. The van der Waals surface area contributed by atoms with Crippen LogP contribution in [-0.2, 0) is 12.8 Å². The van der Waals surface area contributed by atoms with Crippen molar-refractivity contribution >= 4 is 27.4 Å². The molecule has 4 heterocycles. The molecule has 1 saturated heterocycles. The summed E-state index contributed by atoms with van der Waals surface area (Å²) in [5.74, 6) is 2.71. The fourth-order valence-corrected chi connectivity index (χ4v) is 6.20. The molecule has 3 aromatic heterocycles. The Balaban J connectivity index is 1.36. The Hall–Kier alpha value is -2.25. The van der Waals surface area contributed by atoms with Crippen LogP contribution in [0.25, 0.3) is 10.2 Å². The molecular weight excluding hydrogens is 382 g/mol. The highest BCUT2D eigenvalue weighted by Gasteiger charge is 2.31. The molecule has 2 aliphatic rings. The van der Waals surface area contributed by atoms with Crippen LogP contribution in [0.1, 0.15) is 42.6 Å². The summed E-state index contributed by atoms with van der Waals surface area (Å²) in [7, 11) is 0. The standard InChI is InChI=1S/C22H27N5OS/c1-14-6-7-16-17(13-14)29-22-19(16)21(28)24-20(25-22)15(2)26-9-11-27(12-10-26)18-5-3-4-8-23-18/h3-5,8,14-15H,6-7,9-13H2,1-2H3,(H,24,25,28)/p+2/t14-,15-/m0/s1. The van der Waals surface area contributed by atoms with E-state index >= 15 is 0 Å². The van der Waals surface area contributed by atoms with Crippen molar-refractivity contribution in [2.75, 3.05) is 31.1 Å². The van der Waals surface area contributed by atoms with Gasteiger partial charge in [-0.3, -0.25) is 9.69 Å². The summed E-state index contributed by atoms with van der Waals surface area (Å²) < 4.78 is 0. The highest BCUT2D eigenvalue weighted by atomic mass is 32.1. The van der Waals surface area contributed by atoms with Crippen molar-refractivity contribution in [3.05, 3.63) is 51.0 Å². The third kappa shape index (κ3) is 3.46. The molecule has 6 nitrogen and oxygen atoms in total. The fraction of sp³-hybridized carbons (Fsp3) is 0.500. The SMILES string of the molecule is C[C@H]1CCc2c(sc3nc([C@H](C)[NH+]4CCN(c5cccc[nH+]5)CC4)[nH]c(=O)c23)C1. The van der Waals surface area contributed by atoms with E-state index < -0.39 is 0 Å². The largest absolute Gasteiger partial charge is 0.320 e. The van der Waals surface area contributed by atoms with Gasteiger partial charge in [0.2, 0.25) is 0 Å². The number of hydrogen-bond donors (Lipinski definition) is 2. The van der Waals surface area contributed by atoms with Gasteiger partial charge in [-0.05, 0) is 43.7 Å². The smallest absolute Gasteiger partial charge is 0.274 e. The van der Waals surface area contributed by atoms with Crippen LogP contribution >= 0.6 is 11.3 Å². The van der Waals surface area contributed by atoms with Gasteiger partial charge in [0.05, 0.1) is 11.6 Å². The van der Waals surface area contributed by atoms with Crippen LogP contribution in [-0.4, -0.2) is 36.1 Å². The number of aromatic amines is 2. The summed E-state index contributed by atoms with van der Waals surface area (Å²) in [6, 6.07) is 6.39. The van der Waals surface area contributed by atoms with E-state index in [-0.39, 0.29) is 11.6 Å². The molecule has 0 unspecified atom stereocenters. The van der Waals surface area contributed by atoms with Gasteiger partial charge in [-0.1, -0.05) is 13.0 Å². The van der Waals surface area contributed by atoms with Crippen molar-refractivity contribution in [3.8, 4) is 0 Å². The number of H-pyrrole nitrogens is 2. The minimum absolute atomic E-state index is 0.0563. The lowest BCUT2D eigenvalue weighted by Gasteiger charge is -2.31. The van der Waals surface area contributed by atoms with Gasteiger partial charge in [-0.15, -0.1) is 11.3 Å². The molecule has 3 N–H and O–H groups in total. The van der Waals surface area contributed by atoms with Crippen molar-refractivity contribution in [1.82, 2.24) is 9.97 Å². The number of hydrogen-bond acceptors (Lipinski definition) is 4. The van der Waals surface area contributed by atoms with Crippen molar-refractivity contribution in [1.29, 1.82) is 0 Å². The van der Waals surface area contributed by atoms with Crippen molar-refractivity contribution < 1.29 is 9.88 Å². The predicted octanol–water partition coefficient (Wildman–Crippen LogP) is 1.39. The molecule has 152 valence electrons. The molecule has 0 radical (unpaired) electrons. The zero-order valence-electron chi connectivity index (χ0n) is 17.1. The third-order valence-electron chi connectivity index (χ3n) is 6.65. The number of quaternary nitrogens is 1. The van der Waals surface area contributed by atoms with Crippen molar-refractivity contribution in [2.24, 2.45) is 5.92 Å². The van der Waals surface area contributed by atoms with Crippen LogP contribution < -0.4 is 20.3 Å². The van der Waals surface area contributed by atoms with Gasteiger partial charge in [0.1, 0.15) is 37.1 Å². The zero-order chi connectivity index (χ0) is 20.0. The monoisotopic (exact) mass is 411 g/mol. The highest BCUT2D eigenvalue weighted by molar-refractivity contribution is 7.18. The lowest BCUT2D eigenvalue weighted by atomic mass is 9.89. The number of nitrogens with one attached hydrogen (secondary N) is 3. The molecule has 0 saturated carbocycles. The second-order valence-electron chi connectivity index (χ2n) is 8.60. The van der Waals surface area contributed by atoms with Crippen LogP contribution in [0.5, 0.6) is 0 Å². The van der Waals surface area contributed by atoms with Crippen LogP contribution in [0, 0.1) is 5.92 Å². The molecule has 3 aromatic rings. The van der Waals surface area contributed by atoms with E-state index in [1.165, 1.54) is 27.6 Å². The average Bonchev–Trinajstić information content (AvgIpc) is 3.11. The van der Waals surface area contributed by atoms with E-state index in [2.05, 4.69) is 40.8 Å². The van der Waals surface area contributed by atoms with Crippen LogP contribution in [0.15, 0.2) is 29.2 Å². The molecular formula is C22H29N5OS+2. The minimum atomic E-state index is 0.0563. The van der Waals surface area contributed by atoms with Gasteiger partial charge < -0.3 is 9.88 Å². The fourth-order valence-electron chi connectivity index (χ4n) is 4.81. The van der Waals surface area contributed by atoms with Gasteiger partial charge in [0.25, 0.3) is 11.4 Å². The molecule has 5 rings (SSSR count). The second-order valence-corrected chi connectivity index (χ2v) is 9.68. The lowest BCUT2D eigenvalue weighted by molar-refractivity contribution is -0.931. The van der Waals surface area contributed by atoms with Crippen molar-refractivity contribution in [3.63, 3.8) is 0 Å². The van der Waals surface area contributed by atoms with Gasteiger partial charge >= 0.3 is 0 Å². The van der Waals surface area contributed by atoms with Crippen LogP contribution in [0.3, 0.4) is 0 Å². The number of aryl methyl sites for hydroxylation is 1. The minimum Gasteiger partial charge on any atom is -0.320 e. The zero-order valence-corrected chi connectivity index (χ0v) is 17.9. The highest BCUT2D eigenvalue weighted by Crippen LogP contribution is 2.35. The van der Waals surface area contributed by atoms with Crippen molar-refractivity contribution in [2.45, 2.75) is 39.2 Å². The number of pyridine rings is 1. The maximum atomic E-state index is 12.9. The van der Waals surface area contributed by atoms with Gasteiger partial charge in [0.15, 0.2) is 5.82 Å². The summed E-state index contributed by atoms with van der Waals surface area (Å²) >= 11 is 1.74. The summed E-state index contributed by atoms with van der Waals surface area (Å²) in [6.07, 6.45) is 5.25. The molecule has 29 heavy (non-hydrogen) atoms. The predicted molar refractivity (Wildman–Crippen MR) is 116 cm³/mol. The lowest BCUT2D eigenvalue weighted by Crippen LogP contribution is -3.15. The number of thiophene rings is 1. The van der Waals surface area contributed by atoms with E-state index in [9.17, 15) is 4.79 Å². The molecule has 1 fully saturated rings. The molecule has 1 aliphatic carbocycles. The summed E-state index contributed by atoms with van der Waals surface area (Å²) in [5, 5.41) is 0.854. The van der Waals surface area contributed by atoms with E-state index in [4.69, 9.17) is 4.98 Å². The Labute approximate surface area is 174 Å². The Kier molecular flexibility index (Phi) is 4.87. The molecule has 2 atom stereocenters. The summed E-state index contributed by atoms with van der Waals surface area (Å²) in [5.41, 5.74) is 1.32. The molecule has 1 aliphatic heterocycles. The quantitative estimate of drug-likeness (QED) is 0.684. The van der Waals surface area contributed by atoms with Gasteiger partial charge in [-0.2, -0.15) is 0 Å². The topological polar surface area (TPSA) is 67.6 Å². The molecule has 0 aromatic carbocycles. The first kappa shape index (κ1) is 18.8. The molecule has 0 amide bonds. The van der Waals surface area contributed by atoms with E-state index in [0.29, 0.717) is 5.92 Å². The van der Waals surface area contributed by atoms with E-state index in [0.717, 1.165) is 55.1 Å². The Morgan fingerprint density at radius 3 is 2.93 bits per heavy atom. The van der Waals surface area contributed by atoms with Crippen LogP contribution in [0.2, 0.25) is 0 Å². The van der Waals surface area contributed by atoms with Gasteiger partial charge in [-0.25, -0.2) is 9.97 Å². The number of piperazine rings is 1. The molecule has 0 bridgehead atoms. The number of aromatic nitrogens is 3. The summed E-state index contributed by atoms with van der Waals surface area (Å²) in [6.45, 7) is 8.55. The van der Waals surface area contributed by atoms with Crippen LogP contribution in [0.4, 0.5) is 5.82 Å². The molecule has 0 spiro atoms. The Morgan fingerprint density at radius 1 is 1.34 bits per heavy atom. The first-order chi connectivity index (χ1) is 14.1. The third-order valence-corrected chi connectivity index (χ3v) is 7.79. The van der Waals surface area contributed by atoms with E-state index in [1.54, 1.807) is 11.3 Å². The maximum Gasteiger partial charge on any atom is 0.274 e. The first-order valence-electron chi connectivity index (χ1n) is 10.7. The van der Waals surface area contributed by atoms with Gasteiger partial charge in [0, 0.05) is 10.9 Å². The molecule has 7 heteroatoms. The Bertz CT molecular complexity index is 1070. The number of fused-ring (bicyclic) bond motifs is 3. The first-order valence-corrected chi connectivity index (χ1v) is 11.5. The maximum absolute atomic E-state index is 12.9. The van der Waals surface area contributed by atoms with E-state index in [1.807, 2.05) is 12.3 Å². The summed E-state index contributed by atoms with van der Waals surface area (Å²) in [4.78, 5) is 30.5. The number of rotatable bonds is 3. The average molecular weight is 412 g/mol. The Morgan fingerprint density at radius 2 is 2.17 bits per heavy atom.